The third kappa shape index (κ3) is 3.83. The van der Waals surface area contributed by atoms with Gasteiger partial charge in [0, 0.05) is 38.6 Å². The Balaban J connectivity index is 1.99. The third-order valence-corrected chi connectivity index (χ3v) is 4.09. The fraction of sp³-hybridized carbons (Fsp3) is 0.357. The number of rotatable bonds is 6. The minimum atomic E-state index is -0.0336. The normalized spacial score (nSPS) is 10.2. The summed E-state index contributed by atoms with van der Waals surface area (Å²) in [6.45, 7) is 0.441. The Morgan fingerprint density at radius 2 is 2.14 bits per heavy atom. The quantitative estimate of drug-likeness (QED) is 0.747. The van der Waals surface area contributed by atoms with Crippen LogP contribution < -0.4 is 0 Å². The second-order valence-electron chi connectivity index (χ2n) is 4.61. The molecule has 0 fully saturated rings. The Morgan fingerprint density at radius 1 is 1.41 bits per heavy atom. The summed E-state index contributed by atoms with van der Waals surface area (Å²) < 4.78 is 1.85. The fourth-order valence-corrected chi connectivity index (χ4v) is 2.62. The number of aromatic nitrogens is 4. The molecule has 0 radical (unpaired) electrons. The van der Waals surface area contributed by atoms with E-state index >= 15 is 0 Å². The lowest BCUT2D eigenvalue weighted by Crippen LogP contribution is -2.29. The van der Waals surface area contributed by atoms with Crippen molar-refractivity contribution >= 4 is 17.7 Å². The van der Waals surface area contributed by atoms with E-state index in [0.717, 1.165) is 11.4 Å². The summed E-state index contributed by atoms with van der Waals surface area (Å²) in [7, 11) is 3.56. The van der Waals surface area contributed by atoms with Gasteiger partial charge < -0.3 is 9.47 Å². The number of nitriles is 1. The van der Waals surface area contributed by atoms with Crippen LogP contribution in [0.5, 0.6) is 0 Å². The smallest absolute Gasteiger partial charge is 0.232 e. The highest BCUT2D eigenvalue weighted by Crippen LogP contribution is 2.22. The number of hydrogen-bond donors (Lipinski definition) is 0. The first-order valence-corrected chi connectivity index (χ1v) is 7.65. The molecule has 114 valence electrons. The molecule has 0 aromatic carbocycles. The molecule has 2 heterocycles. The van der Waals surface area contributed by atoms with Gasteiger partial charge in [0.1, 0.15) is 0 Å². The number of carbonyl (C=O) groups excluding carboxylic acids is 1. The minimum Gasteiger partial charge on any atom is -0.344 e. The lowest BCUT2D eigenvalue weighted by Gasteiger charge is -2.14. The van der Waals surface area contributed by atoms with Crippen LogP contribution in [0.15, 0.2) is 29.7 Å². The molecule has 22 heavy (non-hydrogen) atoms. The van der Waals surface area contributed by atoms with Gasteiger partial charge in [0.25, 0.3) is 0 Å². The first-order valence-electron chi connectivity index (χ1n) is 6.67. The third-order valence-electron chi connectivity index (χ3n) is 3.08. The molecule has 2 rings (SSSR count). The Morgan fingerprint density at radius 3 is 2.82 bits per heavy atom. The number of hydrogen-bond acceptors (Lipinski definition) is 6. The van der Waals surface area contributed by atoms with Gasteiger partial charge in [-0.15, -0.1) is 10.2 Å². The van der Waals surface area contributed by atoms with Crippen molar-refractivity contribution in [3.63, 3.8) is 0 Å². The lowest BCUT2D eigenvalue weighted by atomic mass is 10.2. The van der Waals surface area contributed by atoms with Crippen LogP contribution in [-0.4, -0.2) is 49.9 Å². The first kappa shape index (κ1) is 16.0. The molecule has 0 N–H and O–H groups in total. The van der Waals surface area contributed by atoms with Gasteiger partial charge in [-0.25, -0.2) is 0 Å². The maximum absolute atomic E-state index is 11.9. The molecule has 0 unspecified atom stereocenters. The topological polar surface area (TPSA) is 87.7 Å². The summed E-state index contributed by atoms with van der Waals surface area (Å²) >= 11 is 1.33. The molecule has 2 aromatic heterocycles. The summed E-state index contributed by atoms with van der Waals surface area (Å²) in [5.74, 6) is 0.966. The van der Waals surface area contributed by atoms with Crippen LogP contribution in [0.25, 0.3) is 11.4 Å². The number of pyridine rings is 1. The average molecular weight is 316 g/mol. The largest absolute Gasteiger partial charge is 0.344 e. The molecule has 0 aliphatic heterocycles. The molecule has 2 aromatic rings. The molecule has 0 spiro atoms. The highest BCUT2D eigenvalue weighted by molar-refractivity contribution is 7.99. The predicted molar refractivity (Wildman–Crippen MR) is 82.8 cm³/mol. The van der Waals surface area contributed by atoms with Crippen LogP contribution in [0.2, 0.25) is 0 Å². The van der Waals surface area contributed by atoms with Gasteiger partial charge in [-0.2, -0.15) is 5.26 Å². The van der Waals surface area contributed by atoms with Crippen LogP contribution in [0.3, 0.4) is 0 Å². The SMILES string of the molecule is CN(CCC#N)C(=O)CSc1nnc(-c2ccncc2)n1C. The van der Waals surface area contributed by atoms with E-state index in [1.165, 1.54) is 11.8 Å². The van der Waals surface area contributed by atoms with Crippen molar-refractivity contribution in [3.05, 3.63) is 24.5 Å². The van der Waals surface area contributed by atoms with E-state index < -0.39 is 0 Å². The van der Waals surface area contributed by atoms with Crippen LogP contribution in [-0.2, 0) is 11.8 Å². The van der Waals surface area contributed by atoms with Gasteiger partial charge in [-0.05, 0) is 12.1 Å². The zero-order chi connectivity index (χ0) is 15.9. The van der Waals surface area contributed by atoms with Crippen LogP contribution in [0.4, 0.5) is 0 Å². The van der Waals surface area contributed by atoms with Crippen molar-refractivity contribution in [2.75, 3.05) is 19.3 Å². The monoisotopic (exact) mass is 316 g/mol. The van der Waals surface area contributed by atoms with E-state index in [9.17, 15) is 4.79 Å². The highest BCUT2D eigenvalue weighted by atomic mass is 32.2. The average Bonchev–Trinajstić information content (AvgIpc) is 2.92. The standard InChI is InChI=1S/C14H16N6OS/c1-19(9-3-6-15)12(21)10-22-14-18-17-13(20(14)2)11-4-7-16-8-5-11/h4-5,7-8H,3,9-10H2,1-2H3. The summed E-state index contributed by atoms with van der Waals surface area (Å²) in [5, 5.41) is 17.5. The van der Waals surface area contributed by atoms with Crippen molar-refractivity contribution in [2.24, 2.45) is 7.05 Å². The Bertz CT molecular complexity index is 678. The number of nitrogens with zero attached hydrogens (tertiary/aromatic N) is 6. The van der Waals surface area contributed by atoms with Crippen molar-refractivity contribution in [1.29, 1.82) is 5.26 Å². The molecule has 0 bridgehead atoms. The number of carbonyl (C=O) groups is 1. The molecule has 7 nitrogen and oxygen atoms in total. The van der Waals surface area contributed by atoms with Crippen molar-refractivity contribution in [1.82, 2.24) is 24.6 Å². The molecule has 0 saturated carbocycles. The minimum absolute atomic E-state index is 0.0336. The highest BCUT2D eigenvalue weighted by Gasteiger charge is 2.14. The van der Waals surface area contributed by atoms with E-state index in [-0.39, 0.29) is 11.7 Å². The van der Waals surface area contributed by atoms with Crippen LogP contribution >= 0.6 is 11.8 Å². The molecule has 8 heteroatoms. The van der Waals surface area contributed by atoms with Gasteiger partial charge in [0.2, 0.25) is 5.91 Å². The maximum Gasteiger partial charge on any atom is 0.232 e. The van der Waals surface area contributed by atoms with Crippen molar-refractivity contribution < 1.29 is 4.79 Å². The van der Waals surface area contributed by atoms with Gasteiger partial charge in [-0.3, -0.25) is 9.78 Å². The van der Waals surface area contributed by atoms with E-state index in [0.29, 0.717) is 18.1 Å². The van der Waals surface area contributed by atoms with Gasteiger partial charge in [0.15, 0.2) is 11.0 Å². The van der Waals surface area contributed by atoms with Crippen molar-refractivity contribution in [2.45, 2.75) is 11.6 Å². The van der Waals surface area contributed by atoms with Gasteiger partial charge >= 0.3 is 0 Å². The summed E-state index contributed by atoms with van der Waals surface area (Å²) in [4.78, 5) is 17.5. The first-order chi connectivity index (χ1) is 10.6. The van der Waals surface area contributed by atoms with E-state index in [1.54, 1.807) is 24.3 Å². The van der Waals surface area contributed by atoms with E-state index in [2.05, 4.69) is 15.2 Å². The maximum atomic E-state index is 11.9. The molecule has 0 saturated heterocycles. The van der Waals surface area contributed by atoms with E-state index in [4.69, 9.17) is 5.26 Å². The zero-order valence-electron chi connectivity index (χ0n) is 12.4. The lowest BCUT2D eigenvalue weighted by molar-refractivity contribution is -0.127. The number of amides is 1. The molecule has 0 atom stereocenters. The molecular weight excluding hydrogens is 300 g/mol. The van der Waals surface area contributed by atoms with Crippen LogP contribution in [0.1, 0.15) is 6.42 Å². The van der Waals surface area contributed by atoms with Gasteiger partial charge in [0.05, 0.1) is 18.2 Å². The second kappa shape index (κ2) is 7.56. The Kier molecular flexibility index (Phi) is 5.49. The molecular formula is C14H16N6OS. The predicted octanol–water partition coefficient (Wildman–Crippen LogP) is 1.34. The summed E-state index contributed by atoms with van der Waals surface area (Å²) in [6.07, 6.45) is 3.73. The molecule has 0 aliphatic carbocycles. The Hall–Kier alpha value is -2.40. The molecule has 1 amide bonds. The molecule has 0 aliphatic rings. The summed E-state index contributed by atoms with van der Waals surface area (Å²) in [5.41, 5.74) is 0.925. The second-order valence-corrected chi connectivity index (χ2v) is 5.56. The zero-order valence-corrected chi connectivity index (χ0v) is 13.2. The fourth-order valence-electron chi connectivity index (χ4n) is 1.77. The number of thioether (sulfide) groups is 1. The van der Waals surface area contributed by atoms with Crippen LogP contribution in [0, 0.1) is 11.3 Å². The Labute approximate surface area is 133 Å². The van der Waals surface area contributed by atoms with Gasteiger partial charge in [-0.1, -0.05) is 11.8 Å². The van der Waals surface area contributed by atoms with Crippen molar-refractivity contribution in [3.8, 4) is 17.5 Å². The van der Waals surface area contributed by atoms with E-state index in [1.807, 2.05) is 29.8 Å². The summed E-state index contributed by atoms with van der Waals surface area (Å²) in [6, 6.07) is 5.75.